The Morgan fingerprint density at radius 3 is 2.76 bits per heavy atom. The van der Waals surface area contributed by atoms with Gasteiger partial charge in [0.1, 0.15) is 17.9 Å². The van der Waals surface area contributed by atoms with E-state index >= 15 is 0 Å². The van der Waals surface area contributed by atoms with Crippen molar-refractivity contribution in [3.63, 3.8) is 0 Å². The Hall–Kier alpha value is -4.21. The molecule has 198 valence electrons. The normalized spacial score (nSPS) is 18.9. The van der Waals surface area contributed by atoms with Gasteiger partial charge in [0.2, 0.25) is 11.8 Å². The van der Waals surface area contributed by atoms with Crippen LogP contribution in [0.2, 0.25) is 0 Å². The molecule has 1 aromatic heterocycles. The fourth-order valence-corrected chi connectivity index (χ4v) is 5.07. The molecule has 2 aliphatic rings. The van der Waals surface area contributed by atoms with Crippen LogP contribution in [0.25, 0.3) is 11.1 Å². The third kappa shape index (κ3) is 5.85. The Bertz CT molecular complexity index is 1340. The van der Waals surface area contributed by atoms with E-state index in [1.165, 1.54) is 6.33 Å². The highest BCUT2D eigenvalue weighted by Gasteiger charge is 2.30. The maximum absolute atomic E-state index is 13.4. The molecule has 2 aromatic carbocycles. The van der Waals surface area contributed by atoms with Crippen LogP contribution >= 0.6 is 0 Å². The minimum Gasteiger partial charge on any atom is -0.507 e. The molecular formula is C28H32N6O4. The molecule has 3 aromatic rings. The molecular weight excluding hydrogens is 484 g/mol. The van der Waals surface area contributed by atoms with Gasteiger partial charge in [0.25, 0.3) is 5.91 Å². The first-order chi connectivity index (χ1) is 18.5. The Morgan fingerprint density at radius 2 is 1.87 bits per heavy atom. The number of phenols is 1. The highest BCUT2D eigenvalue weighted by Crippen LogP contribution is 2.31. The fraction of sp³-hybridized carbons (Fsp3) is 0.393. The first-order valence-corrected chi connectivity index (χ1v) is 13.1. The summed E-state index contributed by atoms with van der Waals surface area (Å²) in [5.74, 6) is 0.292. The lowest BCUT2D eigenvalue weighted by molar-refractivity contribution is -0.140. The van der Waals surface area contributed by atoms with Gasteiger partial charge in [-0.15, -0.1) is 0 Å². The molecule has 0 spiro atoms. The maximum atomic E-state index is 13.4. The number of nitrogens with zero attached hydrogens (tertiary/aromatic N) is 4. The van der Waals surface area contributed by atoms with E-state index in [4.69, 9.17) is 0 Å². The number of hydrogen-bond donors (Lipinski definition) is 3. The molecule has 10 heteroatoms. The van der Waals surface area contributed by atoms with Crippen molar-refractivity contribution in [1.29, 1.82) is 0 Å². The predicted octanol–water partition coefficient (Wildman–Crippen LogP) is 1.92. The summed E-state index contributed by atoms with van der Waals surface area (Å²) in [6.07, 6.45) is 4.74. The second-order valence-corrected chi connectivity index (χ2v) is 9.85. The van der Waals surface area contributed by atoms with Crippen LogP contribution in [0.15, 0.2) is 48.8 Å². The number of carbonyl (C=O) groups is 3. The Balaban J connectivity index is 1.32. The van der Waals surface area contributed by atoms with Gasteiger partial charge in [0, 0.05) is 37.2 Å². The second kappa shape index (κ2) is 11.5. The minimum absolute atomic E-state index is 0.0166. The highest BCUT2D eigenvalue weighted by atomic mass is 16.3. The zero-order chi connectivity index (χ0) is 26.5. The number of aromatic nitrogens is 3. The van der Waals surface area contributed by atoms with Gasteiger partial charge >= 0.3 is 0 Å². The number of fused-ring (bicyclic) bond motifs is 6. The summed E-state index contributed by atoms with van der Waals surface area (Å²) in [5.41, 5.74) is 2.83. The molecule has 4 bridgehead atoms. The average Bonchev–Trinajstić information content (AvgIpc) is 3.40. The van der Waals surface area contributed by atoms with Crippen molar-refractivity contribution < 1.29 is 19.5 Å². The molecule has 38 heavy (non-hydrogen) atoms. The smallest absolute Gasteiger partial charge is 0.251 e. The third-order valence-corrected chi connectivity index (χ3v) is 7.17. The average molecular weight is 517 g/mol. The number of nitrogens with one attached hydrogen (secondary N) is 2. The number of carbonyl (C=O) groups excluding carboxylic acids is 3. The molecule has 10 nitrogen and oxygen atoms in total. The first kappa shape index (κ1) is 25.4. The van der Waals surface area contributed by atoms with Crippen LogP contribution in [0.3, 0.4) is 0 Å². The van der Waals surface area contributed by atoms with Crippen molar-refractivity contribution in [1.82, 2.24) is 30.3 Å². The lowest BCUT2D eigenvalue weighted by atomic mass is 9.98. The number of aryl methyl sites for hydroxylation is 1. The number of rotatable bonds is 1. The SMILES string of the molecule is O=C1CN(C(=O)C2CCc3ncnn3C2)CCCCNC(=O)c2cccc(c2)-c2cc(ccc2O)CCN1. The molecule has 0 saturated carbocycles. The topological polar surface area (TPSA) is 129 Å². The van der Waals surface area contributed by atoms with E-state index in [2.05, 4.69) is 20.7 Å². The first-order valence-electron chi connectivity index (χ1n) is 13.1. The molecule has 1 unspecified atom stereocenters. The number of phenolic OH excluding ortho intramolecular Hbond substituents is 1. The van der Waals surface area contributed by atoms with Crippen LogP contribution in [-0.4, -0.2) is 68.7 Å². The summed E-state index contributed by atoms with van der Waals surface area (Å²) in [7, 11) is 0. The van der Waals surface area contributed by atoms with Gasteiger partial charge in [-0.2, -0.15) is 5.10 Å². The van der Waals surface area contributed by atoms with Crippen LogP contribution in [0, 0.1) is 5.92 Å². The van der Waals surface area contributed by atoms with E-state index in [0.717, 1.165) is 17.0 Å². The van der Waals surface area contributed by atoms with Crippen LogP contribution in [0.5, 0.6) is 5.75 Å². The standard InChI is InChI=1S/C28H32N6O4/c35-24-8-6-19-10-12-29-26(36)17-33(28(38)22-7-9-25-31-18-32-34(25)16-22)13-2-1-11-30-27(37)21-5-3-4-20(15-21)23(24)14-19/h3-6,8,14-15,18,22,35H,1-2,7,9-13,16-17H2,(H,29,36)(H,30,37). The summed E-state index contributed by atoms with van der Waals surface area (Å²) >= 11 is 0. The Morgan fingerprint density at radius 1 is 1.00 bits per heavy atom. The van der Waals surface area contributed by atoms with Gasteiger partial charge in [0.05, 0.1) is 19.0 Å². The van der Waals surface area contributed by atoms with Crippen molar-refractivity contribution in [2.75, 3.05) is 26.2 Å². The van der Waals surface area contributed by atoms with Gasteiger partial charge in [-0.1, -0.05) is 18.2 Å². The molecule has 1 atom stereocenters. The summed E-state index contributed by atoms with van der Waals surface area (Å²) in [6.45, 7) is 1.73. The molecule has 2 aliphatic heterocycles. The largest absolute Gasteiger partial charge is 0.507 e. The predicted molar refractivity (Wildman–Crippen MR) is 140 cm³/mol. The second-order valence-electron chi connectivity index (χ2n) is 9.85. The monoisotopic (exact) mass is 516 g/mol. The molecule has 0 saturated heterocycles. The van der Waals surface area contributed by atoms with E-state index in [1.54, 1.807) is 33.8 Å². The zero-order valence-electron chi connectivity index (χ0n) is 21.2. The van der Waals surface area contributed by atoms with Crippen molar-refractivity contribution in [3.8, 4) is 16.9 Å². The summed E-state index contributed by atoms with van der Waals surface area (Å²) < 4.78 is 1.77. The van der Waals surface area contributed by atoms with Crippen molar-refractivity contribution in [2.24, 2.45) is 5.92 Å². The molecule has 0 fully saturated rings. The lowest BCUT2D eigenvalue weighted by Gasteiger charge is -2.29. The van der Waals surface area contributed by atoms with Crippen molar-refractivity contribution in [2.45, 2.75) is 38.6 Å². The number of aromatic hydroxyl groups is 1. The van der Waals surface area contributed by atoms with E-state index < -0.39 is 0 Å². The van der Waals surface area contributed by atoms with E-state index in [0.29, 0.717) is 69.4 Å². The maximum Gasteiger partial charge on any atom is 0.251 e. The molecule has 0 radical (unpaired) electrons. The van der Waals surface area contributed by atoms with Crippen LogP contribution in [0.4, 0.5) is 0 Å². The summed E-state index contributed by atoms with van der Waals surface area (Å²) in [5, 5.41) is 20.6. The van der Waals surface area contributed by atoms with Gasteiger partial charge in [-0.25, -0.2) is 9.67 Å². The quantitative estimate of drug-likeness (QED) is 0.453. The Labute approximate surface area is 221 Å². The highest BCUT2D eigenvalue weighted by molar-refractivity contribution is 5.95. The summed E-state index contributed by atoms with van der Waals surface area (Å²) in [6, 6.07) is 12.5. The van der Waals surface area contributed by atoms with Gasteiger partial charge in [0.15, 0.2) is 0 Å². The minimum atomic E-state index is -0.253. The van der Waals surface area contributed by atoms with E-state index in [-0.39, 0.29) is 35.9 Å². The van der Waals surface area contributed by atoms with Crippen LogP contribution < -0.4 is 10.6 Å². The molecule has 3 N–H and O–H groups in total. The third-order valence-electron chi connectivity index (χ3n) is 7.17. The zero-order valence-corrected chi connectivity index (χ0v) is 21.2. The van der Waals surface area contributed by atoms with E-state index in [9.17, 15) is 19.5 Å². The van der Waals surface area contributed by atoms with Crippen molar-refractivity contribution >= 4 is 17.7 Å². The number of benzene rings is 2. The molecule has 3 heterocycles. The van der Waals surface area contributed by atoms with E-state index in [1.807, 2.05) is 18.2 Å². The van der Waals surface area contributed by atoms with Gasteiger partial charge in [-0.05, 0) is 61.1 Å². The van der Waals surface area contributed by atoms with Crippen LogP contribution in [-0.2, 0) is 29.0 Å². The fourth-order valence-electron chi connectivity index (χ4n) is 5.07. The number of hydrogen-bond acceptors (Lipinski definition) is 6. The lowest BCUT2D eigenvalue weighted by Crippen LogP contribution is -2.46. The molecule has 5 rings (SSSR count). The van der Waals surface area contributed by atoms with Gasteiger partial charge in [-0.3, -0.25) is 14.4 Å². The van der Waals surface area contributed by atoms with Crippen LogP contribution in [0.1, 0.15) is 41.0 Å². The van der Waals surface area contributed by atoms with Crippen molar-refractivity contribution in [3.05, 3.63) is 65.7 Å². The molecule has 0 aliphatic carbocycles. The van der Waals surface area contributed by atoms with Gasteiger partial charge < -0.3 is 20.6 Å². The number of amides is 3. The summed E-state index contributed by atoms with van der Waals surface area (Å²) in [4.78, 5) is 44.9. The Kier molecular flexibility index (Phi) is 7.67. The molecule has 3 amide bonds.